The van der Waals surface area contributed by atoms with Gasteiger partial charge in [0.15, 0.2) is 0 Å². The van der Waals surface area contributed by atoms with Crippen molar-refractivity contribution in [1.82, 2.24) is 16.0 Å². The first-order valence-corrected chi connectivity index (χ1v) is 9.87. The van der Waals surface area contributed by atoms with E-state index in [2.05, 4.69) is 16.0 Å². The molecule has 0 heterocycles. The Labute approximate surface area is 184 Å². The van der Waals surface area contributed by atoms with Crippen molar-refractivity contribution in [2.75, 3.05) is 6.61 Å². The van der Waals surface area contributed by atoms with Crippen molar-refractivity contribution in [2.45, 2.75) is 50.4 Å². The predicted molar refractivity (Wildman–Crippen MR) is 113 cm³/mol. The van der Waals surface area contributed by atoms with Crippen LogP contribution in [0, 0.1) is 0 Å². The highest BCUT2D eigenvalue weighted by molar-refractivity contribution is 5.94. The van der Waals surface area contributed by atoms with Crippen LogP contribution in [0.25, 0.3) is 0 Å². The van der Waals surface area contributed by atoms with E-state index in [-0.39, 0.29) is 19.3 Å². The van der Waals surface area contributed by atoms with E-state index in [0.717, 1.165) is 5.56 Å². The fourth-order valence-electron chi connectivity index (χ4n) is 2.63. The zero-order valence-electron chi connectivity index (χ0n) is 17.6. The van der Waals surface area contributed by atoms with Crippen molar-refractivity contribution in [1.29, 1.82) is 0 Å². The summed E-state index contributed by atoms with van der Waals surface area (Å²) in [6, 6.07) is 3.91. The third-order valence-corrected chi connectivity index (χ3v) is 4.50. The Morgan fingerprint density at radius 2 is 1.53 bits per heavy atom. The van der Waals surface area contributed by atoms with Crippen molar-refractivity contribution in [2.24, 2.45) is 11.5 Å². The molecule has 0 aliphatic carbocycles. The Balaban J connectivity index is 2.87. The van der Waals surface area contributed by atoms with Gasteiger partial charge in [0.25, 0.3) is 0 Å². The van der Waals surface area contributed by atoms with E-state index in [1.807, 2.05) is 0 Å². The first-order chi connectivity index (χ1) is 15.0. The van der Waals surface area contributed by atoms with E-state index in [9.17, 15) is 24.0 Å². The van der Waals surface area contributed by atoms with Gasteiger partial charge in [-0.2, -0.15) is 0 Å². The average molecular weight is 451 g/mol. The number of hydrogen-bond donors (Lipinski definition) is 7. The number of aliphatic hydroxyl groups is 1. The molecule has 32 heavy (non-hydrogen) atoms. The number of benzene rings is 1. The van der Waals surface area contributed by atoms with Gasteiger partial charge < -0.3 is 37.6 Å². The van der Waals surface area contributed by atoms with Gasteiger partial charge in [0, 0.05) is 12.8 Å². The number of primary amides is 1. The van der Waals surface area contributed by atoms with Gasteiger partial charge in [0.1, 0.15) is 18.1 Å². The molecule has 0 saturated heterocycles. The molecule has 0 aliphatic rings. The fourth-order valence-corrected chi connectivity index (χ4v) is 2.63. The van der Waals surface area contributed by atoms with E-state index in [4.69, 9.17) is 21.7 Å². The highest BCUT2D eigenvalue weighted by Gasteiger charge is 2.28. The Morgan fingerprint density at radius 3 is 2.06 bits per heavy atom. The zero-order valence-corrected chi connectivity index (χ0v) is 17.6. The van der Waals surface area contributed by atoms with Gasteiger partial charge in [0.2, 0.25) is 23.6 Å². The lowest BCUT2D eigenvalue weighted by Gasteiger charge is -2.23. The van der Waals surface area contributed by atoms with E-state index < -0.39 is 60.4 Å². The number of carbonyl (C=O) groups is 5. The number of nitrogens with two attached hydrogens (primary N) is 2. The number of aliphatic carboxylic acids is 1. The summed E-state index contributed by atoms with van der Waals surface area (Å²) in [5.41, 5.74) is 11.5. The third kappa shape index (κ3) is 9.10. The second-order valence-corrected chi connectivity index (χ2v) is 7.17. The van der Waals surface area contributed by atoms with Crippen LogP contribution in [-0.2, 0) is 30.4 Å². The molecule has 12 nitrogen and oxygen atoms in total. The highest BCUT2D eigenvalue weighted by atomic mass is 16.4. The molecule has 0 fully saturated rings. The van der Waals surface area contributed by atoms with E-state index in [1.54, 1.807) is 30.3 Å². The van der Waals surface area contributed by atoms with E-state index >= 15 is 0 Å². The lowest BCUT2D eigenvalue weighted by atomic mass is 10.0. The van der Waals surface area contributed by atoms with Gasteiger partial charge in [-0.15, -0.1) is 0 Å². The van der Waals surface area contributed by atoms with Crippen LogP contribution in [0.3, 0.4) is 0 Å². The predicted octanol–water partition coefficient (Wildman–Crippen LogP) is -2.63. The van der Waals surface area contributed by atoms with Gasteiger partial charge in [-0.05, 0) is 18.9 Å². The quantitative estimate of drug-likeness (QED) is 0.168. The van der Waals surface area contributed by atoms with Gasteiger partial charge in [-0.3, -0.25) is 19.2 Å². The van der Waals surface area contributed by atoms with Crippen molar-refractivity contribution in [3.63, 3.8) is 0 Å². The number of hydrogen-bond acceptors (Lipinski definition) is 7. The molecular formula is C20H29N5O7. The minimum atomic E-state index is -1.52. The summed E-state index contributed by atoms with van der Waals surface area (Å²) in [4.78, 5) is 59.2. The number of nitrogens with one attached hydrogen (secondary N) is 3. The molecule has 0 saturated carbocycles. The normalized spacial score (nSPS) is 14.3. The number of carbonyl (C=O) groups excluding carboxylic acids is 4. The molecule has 4 unspecified atom stereocenters. The molecule has 4 amide bonds. The van der Waals surface area contributed by atoms with E-state index in [0.29, 0.717) is 0 Å². The van der Waals surface area contributed by atoms with Crippen LogP contribution in [-0.4, -0.2) is 70.6 Å². The summed E-state index contributed by atoms with van der Waals surface area (Å²) < 4.78 is 0. The van der Waals surface area contributed by atoms with Crippen LogP contribution in [0.1, 0.15) is 25.3 Å². The van der Waals surface area contributed by atoms with Crippen molar-refractivity contribution >= 4 is 29.6 Å². The zero-order chi connectivity index (χ0) is 24.3. The van der Waals surface area contributed by atoms with Crippen LogP contribution < -0.4 is 27.4 Å². The fraction of sp³-hybridized carbons (Fsp3) is 0.450. The summed E-state index contributed by atoms with van der Waals surface area (Å²) in [7, 11) is 0. The maximum absolute atomic E-state index is 12.8. The van der Waals surface area contributed by atoms with Crippen molar-refractivity contribution in [3.05, 3.63) is 35.9 Å². The molecule has 0 spiro atoms. The summed E-state index contributed by atoms with van der Waals surface area (Å²) in [6.07, 6.45) is -0.0159. The Hall–Kier alpha value is -3.51. The summed E-state index contributed by atoms with van der Waals surface area (Å²) in [5.74, 6) is -4.26. The van der Waals surface area contributed by atoms with Crippen LogP contribution in [0.2, 0.25) is 0 Å². The first kappa shape index (κ1) is 26.5. The Morgan fingerprint density at radius 1 is 0.938 bits per heavy atom. The van der Waals surface area contributed by atoms with Gasteiger partial charge in [-0.25, -0.2) is 4.79 Å². The molecular weight excluding hydrogens is 422 g/mol. The second kappa shape index (κ2) is 13.0. The number of amides is 4. The molecule has 176 valence electrons. The molecule has 0 radical (unpaired) electrons. The first-order valence-electron chi connectivity index (χ1n) is 9.87. The van der Waals surface area contributed by atoms with E-state index in [1.165, 1.54) is 6.92 Å². The molecule has 12 heteroatoms. The molecule has 0 bridgehead atoms. The van der Waals surface area contributed by atoms with Crippen LogP contribution >= 0.6 is 0 Å². The van der Waals surface area contributed by atoms with Gasteiger partial charge in [-0.1, -0.05) is 30.3 Å². The number of carboxylic acid groups (broad SMARTS) is 1. The molecule has 1 rings (SSSR count). The average Bonchev–Trinajstić information content (AvgIpc) is 2.75. The highest BCUT2D eigenvalue weighted by Crippen LogP contribution is 2.05. The van der Waals surface area contributed by atoms with Crippen LogP contribution in [0.4, 0.5) is 0 Å². The molecule has 4 atom stereocenters. The molecule has 0 aromatic heterocycles. The maximum Gasteiger partial charge on any atom is 0.328 e. The lowest BCUT2D eigenvalue weighted by Crippen LogP contribution is -2.57. The lowest BCUT2D eigenvalue weighted by molar-refractivity contribution is -0.143. The topological polar surface area (TPSA) is 214 Å². The molecule has 1 aromatic rings. The molecule has 1 aromatic carbocycles. The number of carboxylic acids is 1. The molecule has 9 N–H and O–H groups in total. The van der Waals surface area contributed by atoms with Crippen LogP contribution in [0.15, 0.2) is 30.3 Å². The Kier molecular flexibility index (Phi) is 10.8. The smallest absolute Gasteiger partial charge is 0.328 e. The largest absolute Gasteiger partial charge is 0.480 e. The van der Waals surface area contributed by atoms with Crippen molar-refractivity contribution in [3.8, 4) is 0 Å². The van der Waals surface area contributed by atoms with Gasteiger partial charge in [0.05, 0.1) is 12.6 Å². The monoisotopic (exact) mass is 451 g/mol. The van der Waals surface area contributed by atoms with Gasteiger partial charge >= 0.3 is 5.97 Å². The SMILES string of the molecule is CC(NC(=O)C(Cc1ccccc1)NC(=O)C(N)CCC(N)=O)C(=O)NC(CO)C(=O)O. The third-order valence-electron chi connectivity index (χ3n) is 4.50. The summed E-state index contributed by atoms with van der Waals surface area (Å²) in [6.45, 7) is 0.501. The summed E-state index contributed by atoms with van der Waals surface area (Å²) in [5, 5.41) is 24.9. The van der Waals surface area contributed by atoms with Crippen LogP contribution in [0.5, 0.6) is 0 Å². The number of aliphatic hydroxyl groups excluding tert-OH is 1. The number of rotatable bonds is 13. The van der Waals surface area contributed by atoms with Crippen molar-refractivity contribution < 1.29 is 34.2 Å². The second-order valence-electron chi connectivity index (χ2n) is 7.17. The maximum atomic E-state index is 12.8. The Bertz CT molecular complexity index is 818. The summed E-state index contributed by atoms with van der Waals surface area (Å²) >= 11 is 0. The minimum Gasteiger partial charge on any atom is -0.480 e. The molecule has 0 aliphatic heterocycles. The standard InChI is InChI=1S/C20H29N5O7/c1-11(17(28)25-15(10-26)20(31)32)23-19(30)14(9-12-5-3-2-4-6-12)24-18(29)13(21)7-8-16(22)27/h2-6,11,13-15,26H,7-10,21H2,1H3,(H2,22,27)(H,23,30)(H,24,29)(H,25,28)(H,31,32). The minimum absolute atomic E-state index is 0.00259.